The van der Waals surface area contributed by atoms with Crippen molar-refractivity contribution in [2.24, 2.45) is 5.73 Å². The standard InChI is InChI=1S/C11H13Br2N3OS/c1-11(2,3)10-15-9(16-17-10)7(14)6-4-5(12)8(13)18-6/h4,7H,14H2,1-3H3. The highest BCUT2D eigenvalue weighted by Crippen LogP contribution is 2.36. The van der Waals surface area contributed by atoms with E-state index in [1.54, 1.807) is 11.3 Å². The van der Waals surface area contributed by atoms with Crippen molar-refractivity contribution in [3.63, 3.8) is 0 Å². The molecule has 0 amide bonds. The largest absolute Gasteiger partial charge is 0.339 e. The van der Waals surface area contributed by atoms with Crippen LogP contribution in [0.25, 0.3) is 0 Å². The molecule has 0 aliphatic heterocycles. The average molecular weight is 395 g/mol. The first kappa shape index (κ1) is 14.2. The second kappa shape index (κ2) is 5.03. The predicted molar refractivity (Wildman–Crippen MR) is 78.7 cm³/mol. The Morgan fingerprint density at radius 2 is 2.06 bits per heavy atom. The van der Waals surface area contributed by atoms with Crippen LogP contribution in [0.2, 0.25) is 0 Å². The molecule has 1 atom stereocenters. The van der Waals surface area contributed by atoms with Gasteiger partial charge in [0.2, 0.25) is 5.89 Å². The first-order valence-electron chi connectivity index (χ1n) is 5.33. The van der Waals surface area contributed by atoms with Crippen molar-refractivity contribution < 1.29 is 4.52 Å². The highest BCUT2D eigenvalue weighted by Gasteiger charge is 2.25. The number of nitrogens with two attached hydrogens (primary N) is 1. The monoisotopic (exact) mass is 393 g/mol. The van der Waals surface area contributed by atoms with Crippen LogP contribution >= 0.6 is 43.2 Å². The molecule has 0 saturated heterocycles. The number of nitrogens with zero attached hydrogens (tertiary/aromatic N) is 2. The molecule has 2 aromatic rings. The van der Waals surface area contributed by atoms with E-state index >= 15 is 0 Å². The zero-order valence-electron chi connectivity index (χ0n) is 10.2. The fraction of sp³-hybridized carbons (Fsp3) is 0.455. The van der Waals surface area contributed by atoms with Gasteiger partial charge < -0.3 is 10.3 Å². The van der Waals surface area contributed by atoms with Gasteiger partial charge in [-0.1, -0.05) is 25.9 Å². The van der Waals surface area contributed by atoms with Gasteiger partial charge in [-0.25, -0.2) is 0 Å². The van der Waals surface area contributed by atoms with Gasteiger partial charge in [0, 0.05) is 14.8 Å². The molecule has 18 heavy (non-hydrogen) atoms. The summed E-state index contributed by atoms with van der Waals surface area (Å²) in [5.41, 5.74) is 5.97. The third kappa shape index (κ3) is 2.84. The van der Waals surface area contributed by atoms with Crippen LogP contribution in [0, 0.1) is 0 Å². The Labute approximate surface area is 126 Å². The number of hydrogen-bond donors (Lipinski definition) is 1. The van der Waals surface area contributed by atoms with E-state index in [1.165, 1.54) is 0 Å². The Kier molecular flexibility index (Phi) is 3.96. The maximum absolute atomic E-state index is 6.14. The maximum Gasteiger partial charge on any atom is 0.232 e. The summed E-state index contributed by atoms with van der Waals surface area (Å²) in [4.78, 5) is 5.35. The second-order valence-corrected chi connectivity index (χ2v) is 8.21. The Morgan fingerprint density at radius 3 is 2.50 bits per heavy atom. The van der Waals surface area contributed by atoms with Crippen LogP contribution in [0.5, 0.6) is 0 Å². The van der Waals surface area contributed by atoms with Crippen molar-refractivity contribution in [3.8, 4) is 0 Å². The number of aromatic nitrogens is 2. The zero-order chi connectivity index (χ0) is 13.5. The molecule has 4 nitrogen and oxygen atoms in total. The van der Waals surface area contributed by atoms with E-state index in [1.807, 2.05) is 26.8 Å². The third-order valence-electron chi connectivity index (χ3n) is 2.33. The molecule has 2 heterocycles. The normalized spacial score (nSPS) is 13.9. The van der Waals surface area contributed by atoms with Crippen LogP contribution < -0.4 is 5.73 Å². The Bertz CT molecular complexity index is 539. The molecule has 0 bridgehead atoms. The molecule has 1 unspecified atom stereocenters. The minimum atomic E-state index is -0.363. The average Bonchev–Trinajstić information content (AvgIpc) is 2.85. The molecule has 0 fully saturated rings. The van der Waals surface area contributed by atoms with E-state index in [0.29, 0.717) is 11.7 Å². The van der Waals surface area contributed by atoms with Crippen LogP contribution in [0.3, 0.4) is 0 Å². The quantitative estimate of drug-likeness (QED) is 0.835. The van der Waals surface area contributed by atoms with Crippen molar-refractivity contribution in [1.82, 2.24) is 10.1 Å². The molecular weight excluding hydrogens is 382 g/mol. The molecule has 0 aliphatic carbocycles. The summed E-state index contributed by atoms with van der Waals surface area (Å²) in [6.07, 6.45) is 0. The molecule has 2 N–H and O–H groups in total. The summed E-state index contributed by atoms with van der Waals surface area (Å²) in [7, 11) is 0. The van der Waals surface area contributed by atoms with Crippen molar-refractivity contribution in [1.29, 1.82) is 0 Å². The topological polar surface area (TPSA) is 64.9 Å². The van der Waals surface area contributed by atoms with Gasteiger partial charge >= 0.3 is 0 Å². The van der Waals surface area contributed by atoms with Gasteiger partial charge in [0.25, 0.3) is 0 Å². The number of hydrogen-bond acceptors (Lipinski definition) is 5. The second-order valence-electron chi connectivity index (χ2n) is 4.96. The molecule has 0 spiro atoms. The molecule has 0 radical (unpaired) electrons. The number of thiophene rings is 1. The number of halogens is 2. The molecular formula is C11H13Br2N3OS. The first-order chi connectivity index (χ1) is 8.29. The summed E-state index contributed by atoms with van der Waals surface area (Å²) >= 11 is 8.44. The molecule has 0 aliphatic rings. The van der Waals surface area contributed by atoms with Gasteiger partial charge in [0.05, 0.1) is 3.79 Å². The molecule has 0 saturated carbocycles. The van der Waals surface area contributed by atoms with Gasteiger partial charge in [0.15, 0.2) is 5.82 Å². The van der Waals surface area contributed by atoms with E-state index in [-0.39, 0.29) is 11.5 Å². The minimum Gasteiger partial charge on any atom is -0.339 e. The predicted octanol–water partition coefficient (Wildman–Crippen LogP) is 4.00. The van der Waals surface area contributed by atoms with Crippen LogP contribution in [-0.4, -0.2) is 10.1 Å². The summed E-state index contributed by atoms with van der Waals surface area (Å²) < 4.78 is 7.24. The van der Waals surface area contributed by atoms with Gasteiger partial charge in [-0.05, 0) is 37.9 Å². The maximum atomic E-state index is 6.14. The third-order valence-corrected chi connectivity index (χ3v) is 5.67. The van der Waals surface area contributed by atoms with Gasteiger partial charge in [-0.15, -0.1) is 11.3 Å². The van der Waals surface area contributed by atoms with Crippen LogP contribution in [0.4, 0.5) is 0 Å². The van der Waals surface area contributed by atoms with Crippen LogP contribution in [-0.2, 0) is 5.41 Å². The highest BCUT2D eigenvalue weighted by atomic mass is 79.9. The molecule has 0 aromatic carbocycles. The lowest BCUT2D eigenvalue weighted by Gasteiger charge is -2.10. The fourth-order valence-corrected chi connectivity index (χ4v) is 3.40. The summed E-state index contributed by atoms with van der Waals surface area (Å²) in [5, 5.41) is 3.96. The Balaban J connectivity index is 2.29. The smallest absolute Gasteiger partial charge is 0.232 e. The molecule has 98 valence electrons. The van der Waals surface area contributed by atoms with E-state index < -0.39 is 0 Å². The Morgan fingerprint density at radius 1 is 1.39 bits per heavy atom. The van der Waals surface area contributed by atoms with Crippen molar-refractivity contribution in [2.45, 2.75) is 32.2 Å². The summed E-state index contributed by atoms with van der Waals surface area (Å²) in [5.74, 6) is 1.11. The van der Waals surface area contributed by atoms with Crippen molar-refractivity contribution in [2.75, 3.05) is 0 Å². The molecule has 2 rings (SSSR count). The van der Waals surface area contributed by atoms with E-state index in [2.05, 4.69) is 42.0 Å². The van der Waals surface area contributed by atoms with Gasteiger partial charge in [-0.3, -0.25) is 0 Å². The lowest BCUT2D eigenvalue weighted by molar-refractivity contribution is 0.317. The zero-order valence-corrected chi connectivity index (χ0v) is 14.2. The Hall–Kier alpha value is -0.240. The summed E-state index contributed by atoms with van der Waals surface area (Å²) in [6, 6.07) is 1.60. The fourth-order valence-electron chi connectivity index (χ4n) is 1.31. The van der Waals surface area contributed by atoms with E-state index in [9.17, 15) is 0 Å². The first-order valence-corrected chi connectivity index (χ1v) is 7.73. The van der Waals surface area contributed by atoms with Gasteiger partial charge in [0.1, 0.15) is 6.04 Å². The number of rotatable bonds is 2. The lowest BCUT2D eigenvalue weighted by Crippen LogP contribution is -2.14. The van der Waals surface area contributed by atoms with Crippen LogP contribution in [0.15, 0.2) is 18.8 Å². The SMILES string of the molecule is CC(C)(C)c1nc(C(N)c2cc(Br)c(Br)s2)no1. The van der Waals surface area contributed by atoms with Crippen molar-refractivity contribution >= 4 is 43.2 Å². The molecule has 2 aromatic heterocycles. The van der Waals surface area contributed by atoms with Crippen LogP contribution in [0.1, 0.15) is 43.4 Å². The van der Waals surface area contributed by atoms with E-state index in [0.717, 1.165) is 13.1 Å². The summed E-state index contributed by atoms with van der Waals surface area (Å²) in [6.45, 7) is 6.07. The van der Waals surface area contributed by atoms with Gasteiger partial charge in [-0.2, -0.15) is 4.98 Å². The van der Waals surface area contributed by atoms with Crippen molar-refractivity contribution in [3.05, 3.63) is 30.9 Å². The highest BCUT2D eigenvalue weighted by molar-refractivity contribution is 9.13. The lowest BCUT2D eigenvalue weighted by atomic mass is 9.97. The minimum absolute atomic E-state index is 0.165. The van der Waals surface area contributed by atoms with E-state index in [4.69, 9.17) is 10.3 Å². The molecule has 7 heteroatoms.